The molecule has 0 unspecified atom stereocenters. The van der Waals surface area contributed by atoms with Crippen LogP contribution in [0.1, 0.15) is 42.1 Å². The Balaban J connectivity index is 1.82. The predicted octanol–water partition coefficient (Wildman–Crippen LogP) is 5.12. The average Bonchev–Trinajstić information content (AvgIpc) is 2.70. The van der Waals surface area contributed by atoms with E-state index in [0.717, 1.165) is 36.5 Å². The Hall–Kier alpha value is -2.11. The van der Waals surface area contributed by atoms with E-state index in [1.807, 2.05) is 19.1 Å². The molecule has 1 aliphatic rings. The number of rotatable bonds is 5. The minimum Gasteiger partial charge on any atom is -0.490 e. The number of carbonyl (C=O) groups is 1. The van der Waals surface area contributed by atoms with Crippen LogP contribution in [0.5, 0.6) is 11.5 Å². The molecule has 1 aliphatic heterocycles. The summed E-state index contributed by atoms with van der Waals surface area (Å²) >= 11 is 11.7. The molecule has 1 heterocycles. The maximum atomic E-state index is 12.5. The molecular formula is C21H22ClNO3S. The molecule has 1 saturated heterocycles. The van der Waals surface area contributed by atoms with Crippen molar-refractivity contribution < 1.29 is 14.3 Å². The van der Waals surface area contributed by atoms with Crippen LogP contribution in [0.2, 0.25) is 5.02 Å². The van der Waals surface area contributed by atoms with Crippen molar-refractivity contribution in [1.29, 1.82) is 0 Å². The Morgan fingerprint density at radius 2 is 1.85 bits per heavy atom. The molecule has 0 aliphatic carbocycles. The Bertz CT molecular complexity index is 834. The van der Waals surface area contributed by atoms with Crippen LogP contribution in [0.25, 0.3) is 0 Å². The lowest BCUT2D eigenvalue weighted by Crippen LogP contribution is -2.34. The van der Waals surface area contributed by atoms with Crippen molar-refractivity contribution in [3.05, 3.63) is 58.6 Å². The molecule has 3 rings (SSSR count). The molecular weight excluding hydrogens is 382 g/mol. The molecule has 2 aromatic carbocycles. The highest BCUT2D eigenvalue weighted by Crippen LogP contribution is 2.31. The van der Waals surface area contributed by atoms with Gasteiger partial charge in [-0.2, -0.15) is 0 Å². The quantitative estimate of drug-likeness (QED) is 0.393. The molecule has 0 radical (unpaired) electrons. The van der Waals surface area contributed by atoms with Gasteiger partial charge in [0.1, 0.15) is 4.99 Å². The second kappa shape index (κ2) is 9.20. The number of nitrogens with zero attached hydrogens (tertiary/aromatic N) is 1. The minimum atomic E-state index is -0.520. The summed E-state index contributed by atoms with van der Waals surface area (Å²) < 4.78 is 11.2. The minimum absolute atomic E-state index is 0.314. The third-order valence-corrected chi connectivity index (χ3v) is 5.25. The fraction of sp³-hybridized carbons (Fsp3) is 0.333. The number of benzene rings is 2. The first-order valence-electron chi connectivity index (χ1n) is 9.13. The summed E-state index contributed by atoms with van der Waals surface area (Å²) in [5.41, 5.74) is 1.21. The number of hydrogen-bond donors (Lipinski definition) is 0. The summed E-state index contributed by atoms with van der Waals surface area (Å²) in [6.07, 6.45) is 3.57. The van der Waals surface area contributed by atoms with Crippen molar-refractivity contribution in [2.75, 3.05) is 19.7 Å². The normalized spacial score (nSPS) is 13.9. The molecule has 6 heteroatoms. The Kier molecular flexibility index (Phi) is 6.69. The molecule has 4 nitrogen and oxygen atoms in total. The first-order chi connectivity index (χ1) is 13.1. The number of likely N-dealkylation sites (tertiary alicyclic amines) is 1. The van der Waals surface area contributed by atoms with E-state index in [1.54, 1.807) is 30.3 Å². The van der Waals surface area contributed by atoms with Crippen LogP contribution in [-0.4, -0.2) is 35.6 Å². The molecule has 0 atom stereocenters. The highest BCUT2D eigenvalue weighted by molar-refractivity contribution is 7.80. The van der Waals surface area contributed by atoms with Gasteiger partial charge >= 0.3 is 5.97 Å². The molecule has 142 valence electrons. The van der Waals surface area contributed by atoms with Crippen molar-refractivity contribution >= 4 is 34.8 Å². The van der Waals surface area contributed by atoms with Gasteiger partial charge < -0.3 is 14.4 Å². The summed E-state index contributed by atoms with van der Waals surface area (Å²) in [6, 6.07) is 12.2. The maximum Gasteiger partial charge on any atom is 0.345 e. The third-order valence-electron chi connectivity index (χ3n) is 4.43. The van der Waals surface area contributed by atoms with E-state index in [0.29, 0.717) is 28.7 Å². The molecule has 0 amide bonds. The van der Waals surface area contributed by atoms with Crippen LogP contribution in [-0.2, 0) is 0 Å². The van der Waals surface area contributed by atoms with Crippen LogP contribution in [0.4, 0.5) is 0 Å². The fourth-order valence-corrected chi connectivity index (χ4v) is 3.58. The van der Waals surface area contributed by atoms with Crippen LogP contribution in [0.3, 0.4) is 0 Å². The van der Waals surface area contributed by atoms with Gasteiger partial charge in [0, 0.05) is 18.7 Å². The Labute approximate surface area is 170 Å². The van der Waals surface area contributed by atoms with Crippen LogP contribution in [0.15, 0.2) is 42.5 Å². The monoisotopic (exact) mass is 403 g/mol. The fourth-order valence-electron chi connectivity index (χ4n) is 3.05. The van der Waals surface area contributed by atoms with Gasteiger partial charge in [-0.25, -0.2) is 4.79 Å². The van der Waals surface area contributed by atoms with Gasteiger partial charge in [0.25, 0.3) is 0 Å². The largest absolute Gasteiger partial charge is 0.490 e. The number of carbonyl (C=O) groups excluding carboxylic acids is 1. The standard InChI is InChI=1S/C21H22ClNO3S/c1-2-25-19-14-15(20(27)23-12-6-3-7-13-23)10-11-18(19)26-21(24)16-8-4-5-9-17(16)22/h4-5,8-11,14H,2-3,6-7,12-13H2,1H3. The van der Waals surface area contributed by atoms with Crippen molar-refractivity contribution in [2.24, 2.45) is 0 Å². The third kappa shape index (κ3) is 4.79. The summed E-state index contributed by atoms with van der Waals surface area (Å²) in [5, 5.41) is 0.350. The van der Waals surface area contributed by atoms with Crippen LogP contribution >= 0.6 is 23.8 Å². The van der Waals surface area contributed by atoms with E-state index in [1.165, 1.54) is 6.42 Å². The van der Waals surface area contributed by atoms with Crippen molar-refractivity contribution in [3.63, 3.8) is 0 Å². The molecule has 0 saturated carbocycles. The number of halogens is 1. The number of piperidine rings is 1. The van der Waals surface area contributed by atoms with E-state index in [9.17, 15) is 4.79 Å². The van der Waals surface area contributed by atoms with Gasteiger partial charge in [-0.3, -0.25) is 0 Å². The zero-order chi connectivity index (χ0) is 19.2. The smallest absolute Gasteiger partial charge is 0.345 e. The van der Waals surface area contributed by atoms with Gasteiger partial charge in [0.05, 0.1) is 17.2 Å². The highest BCUT2D eigenvalue weighted by atomic mass is 35.5. The van der Waals surface area contributed by atoms with Crippen LogP contribution < -0.4 is 9.47 Å². The number of ether oxygens (including phenoxy) is 2. The molecule has 0 N–H and O–H groups in total. The lowest BCUT2D eigenvalue weighted by molar-refractivity contribution is 0.0728. The van der Waals surface area contributed by atoms with Crippen molar-refractivity contribution in [3.8, 4) is 11.5 Å². The summed E-state index contributed by atoms with van der Waals surface area (Å²) in [5.74, 6) is 0.328. The van der Waals surface area contributed by atoms with E-state index < -0.39 is 5.97 Å². The second-order valence-corrected chi connectivity index (χ2v) is 7.11. The van der Waals surface area contributed by atoms with Crippen molar-refractivity contribution in [2.45, 2.75) is 26.2 Å². The van der Waals surface area contributed by atoms with Crippen LogP contribution in [0, 0.1) is 0 Å². The van der Waals surface area contributed by atoms with Gasteiger partial charge in [-0.15, -0.1) is 0 Å². The topological polar surface area (TPSA) is 38.8 Å². The summed E-state index contributed by atoms with van der Waals surface area (Å²) in [7, 11) is 0. The van der Waals surface area contributed by atoms with Crippen molar-refractivity contribution in [1.82, 2.24) is 4.90 Å². The first kappa shape index (κ1) is 19.6. The average molecular weight is 404 g/mol. The number of thiocarbonyl (C=S) groups is 1. The van der Waals surface area contributed by atoms with Gasteiger partial charge in [-0.1, -0.05) is 36.0 Å². The molecule has 2 aromatic rings. The molecule has 27 heavy (non-hydrogen) atoms. The molecule has 0 aromatic heterocycles. The van der Waals surface area contributed by atoms with E-state index in [-0.39, 0.29) is 0 Å². The second-order valence-electron chi connectivity index (χ2n) is 6.32. The Morgan fingerprint density at radius 3 is 2.56 bits per heavy atom. The molecule has 0 bridgehead atoms. The first-order valence-corrected chi connectivity index (χ1v) is 9.91. The summed E-state index contributed by atoms with van der Waals surface area (Å²) in [6.45, 7) is 4.30. The van der Waals surface area contributed by atoms with Gasteiger partial charge in [0.2, 0.25) is 0 Å². The highest BCUT2D eigenvalue weighted by Gasteiger charge is 2.19. The van der Waals surface area contributed by atoms with E-state index in [2.05, 4.69) is 4.90 Å². The predicted molar refractivity (Wildman–Crippen MR) is 111 cm³/mol. The maximum absolute atomic E-state index is 12.5. The molecule has 0 spiro atoms. The van der Waals surface area contributed by atoms with Gasteiger partial charge in [-0.05, 0) is 56.5 Å². The van der Waals surface area contributed by atoms with E-state index in [4.69, 9.17) is 33.3 Å². The lowest BCUT2D eigenvalue weighted by Gasteiger charge is -2.29. The zero-order valence-corrected chi connectivity index (χ0v) is 16.8. The zero-order valence-electron chi connectivity index (χ0n) is 15.2. The lowest BCUT2D eigenvalue weighted by atomic mass is 10.1. The SMILES string of the molecule is CCOc1cc(C(=S)N2CCCCC2)ccc1OC(=O)c1ccccc1Cl. The number of hydrogen-bond acceptors (Lipinski definition) is 4. The number of esters is 1. The van der Waals surface area contributed by atoms with Gasteiger partial charge in [0.15, 0.2) is 11.5 Å². The Morgan fingerprint density at radius 1 is 1.11 bits per heavy atom. The van der Waals surface area contributed by atoms with E-state index >= 15 is 0 Å². The summed E-state index contributed by atoms with van der Waals surface area (Å²) in [4.78, 5) is 15.5. The molecule has 1 fully saturated rings.